The molecule has 0 radical (unpaired) electrons. The molecule has 2 aromatic carbocycles. The number of rotatable bonds is 4. The van der Waals surface area contributed by atoms with Crippen molar-refractivity contribution >= 4 is 38.5 Å². The minimum atomic E-state index is -0.995. The van der Waals surface area contributed by atoms with Gasteiger partial charge in [-0.15, -0.1) is 0 Å². The lowest BCUT2D eigenvalue weighted by Gasteiger charge is -2.09. The summed E-state index contributed by atoms with van der Waals surface area (Å²) >= 11 is 3.14. The van der Waals surface area contributed by atoms with Gasteiger partial charge in [-0.05, 0) is 10.8 Å². The number of alkyl halides is 1. The number of halogens is 1. The Morgan fingerprint density at radius 1 is 1.11 bits per heavy atom. The zero-order chi connectivity index (χ0) is 13.1. The molecule has 0 aliphatic rings. The molecule has 0 aliphatic heterocycles. The number of benzene rings is 2. The van der Waals surface area contributed by atoms with E-state index in [4.69, 9.17) is 5.11 Å². The molecular weight excluding hydrogens is 296 g/mol. The van der Waals surface area contributed by atoms with E-state index >= 15 is 0 Å². The molecular formula is C14H11BrO3. The number of Topliss-reactive ketones (excluding diaryl/α,β-unsaturated/α-hetero) is 1. The summed E-state index contributed by atoms with van der Waals surface area (Å²) in [5, 5.41) is 10.5. The first-order chi connectivity index (χ1) is 8.59. The van der Waals surface area contributed by atoms with Crippen molar-refractivity contribution in [2.24, 2.45) is 0 Å². The Hall–Kier alpha value is -1.68. The maximum absolute atomic E-state index is 12.2. The number of carboxylic acids is 1. The molecule has 1 atom stereocenters. The standard InChI is InChI=1S/C14H11BrO3/c15-12(8-13(16)17)14(18)11-7-3-5-9-4-1-2-6-10(9)11/h1-7,12H,8H2,(H,16,17)/t12-/m0/s1. The lowest BCUT2D eigenvalue weighted by molar-refractivity contribution is -0.136. The molecule has 2 rings (SSSR count). The van der Waals surface area contributed by atoms with Gasteiger partial charge in [-0.1, -0.05) is 58.4 Å². The summed E-state index contributed by atoms with van der Waals surface area (Å²) in [7, 11) is 0. The van der Waals surface area contributed by atoms with Gasteiger partial charge in [0, 0.05) is 5.56 Å². The van der Waals surface area contributed by atoms with Crippen LogP contribution in [-0.2, 0) is 4.79 Å². The Kier molecular flexibility index (Phi) is 3.77. The fourth-order valence-corrected chi connectivity index (χ4v) is 2.38. The maximum atomic E-state index is 12.2. The monoisotopic (exact) mass is 306 g/mol. The van der Waals surface area contributed by atoms with Crippen molar-refractivity contribution in [3.05, 3.63) is 48.0 Å². The van der Waals surface area contributed by atoms with Crippen molar-refractivity contribution in [2.45, 2.75) is 11.2 Å². The Morgan fingerprint density at radius 3 is 2.50 bits per heavy atom. The molecule has 18 heavy (non-hydrogen) atoms. The second-order valence-corrected chi connectivity index (χ2v) is 5.06. The summed E-state index contributed by atoms with van der Waals surface area (Å²) in [6, 6.07) is 13.0. The van der Waals surface area contributed by atoms with Gasteiger partial charge in [0.15, 0.2) is 5.78 Å². The van der Waals surface area contributed by atoms with Crippen LogP contribution in [-0.4, -0.2) is 21.7 Å². The molecule has 92 valence electrons. The fraction of sp³-hybridized carbons (Fsp3) is 0.143. The van der Waals surface area contributed by atoms with Crippen molar-refractivity contribution in [2.75, 3.05) is 0 Å². The second kappa shape index (κ2) is 5.31. The first-order valence-electron chi connectivity index (χ1n) is 5.47. The summed E-state index contributed by atoms with van der Waals surface area (Å²) in [6.45, 7) is 0. The number of fused-ring (bicyclic) bond motifs is 1. The van der Waals surface area contributed by atoms with E-state index in [9.17, 15) is 9.59 Å². The van der Waals surface area contributed by atoms with Crippen LogP contribution >= 0.6 is 15.9 Å². The van der Waals surface area contributed by atoms with Gasteiger partial charge in [0.25, 0.3) is 0 Å². The van der Waals surface area contributed by atoms with E-state index in [1.807, 2.05) is 30.3 Å². The summed E-state index contributed by atoms with van der Waals surface area (Å²) in [5.41, 5.74) is 0.552. The van der Waals surface area contributed by atoms with Crippen molar-refractivity contribution in [1.82, 2.24) is 0 Å². The van der Waals surface area contributed by atoms with E-state index in [0.29, 0.717) is 5.56 Å². The largest absolute Gasteiger partial charge is 0.481 e. The van der Waals surface area contributed by atoms with Crippen LogP contribution in [0.3, 0.4) is 0 Å². The zero-order valence-corrected chi connectivity index (χ0v) is 11.1. The van der Waals surface area contributed by atoms with Crippen LogP contribution < -0.4 is 0 Å². The normalized spacial score (nSPS) is 12.3. The highest BCUT2D eigenvalue weighted by atomic mass is 79.9. The Balaban J connectivity index is 2.42. The number of carbonyl (C=O) groups is 2. The SMILES string of the molecule is O=C(O)C[C@H](Br)C(=O)c1cccc2ccccc12. The zero-order valence-electron chi connectivity index (χ0n) is 9.47. The Bertz CT molecular complexity index is 602. The topological polar surface area (TPSA) is 54.4 Å². The van der Waals surface area contributed by atoms with Gasteiger partial charge >= 0.3 is 5.97 Å². The number of ketones is 1. The average molecular weight is 307 g/mol. The molecule has 0 spiro atoms. The molecule has 0 aromatic heterocycles. The molecule has 0 saturated carbocycles. The molecule has 0 saturated heterocycles. The van der Waals surface area contributed by atoms with Gasteiger partial charge in [0.1, 0.15) is 0 Å². The number of carbonyl (C=O) groups excluding carboxylic acids is 1. The number of carboxylic acid groups (broad SMARTS) is 1. The molecule has 3 nitrogen and oxygen atoms in total. The highest BCUT2D eigenvalue weighted by Crippen LogP contribution is 2.22. The third-order valence-corrected chi connectivity index (χ3v) is 3.43. The fourth-order valence-electron chi connectivity index (χ4n) is 1.86. The molecule has 0 heterocycles. The van der Waals surface area contributed by atoms with E-state index in [1.165, 1.54) is 0 Å². The van der Waals surface area contributed by atoms with E-state index < -0.39 is 10.8 Å². The molecule has 0 unspecified atom stereocenters. The van der Waals surface area contributed by atoms with E-state index in [0.717, 1.165) is 10.8 Å². The average Bonchev–Trinajstić information content (AvgIpc) is 2.36. The lowest BCUT2D eigenvalue weighted by atomic mass is 9.99. The third-order valence-electron chi connectivity index (χ3n) is 2.69. The third kappa shape index (κ3) is 2.59. The Labute approximate surface area is 113 Å². The smallest absolute Gasteiger partial charge is 0.304 e. The number of aliphatic carboxylic acids is 1. The molecule has 1 N–H and O–H groups in total. The first kappa shape index (κ1) is 12.8. The van der Waals surface area contributed by atoms with E-state index in [2.05, 4.69) is 15.9 Å². The molecule has 2 aromatic rings. The number of hydrogen-bond donors (Lipinski definition) is 1. The van der Waals surface area contributed by atoms with Crippen LogP contribution in [0.1, 0.15) is 16.8 Å². The van der Waals surface area contributed by atoms with Crippen LogP contribution in [0.25, 0.3) is 10.8 Å². The number of hydrogen-bond acceptors (Lipinski definition) is 2. The summed E-state index contributed by atoms with van der Waals surface area (Å²) in [5.74, 6) is -1.19. The second-order valence-electron chi connectivity index (χ2n) is 3.96. The van der Waals surface area contributed by atoms with Crippen LogP contribution in [0, 0.1) is 0 Å². The van der Waals surface area contributed by atoms with Gasteiger partial charge in [-0.25, -0.2) is 0 Å². The summed E-state index contributed by atoms with van der Waals surface area (Å²) in [4.78, 5) is 22.1. The molecule has 4 heteroatoms. The summed E-state index contributed by atoms with van der Waals surface area (Å²) < 4.78 is 0. The van der Waals surface area contributed by atoms with Crippen molar-refractivity contribution in [1.29, 1.82) is 0 Å². The predicted molar refractivity (Wildman–Crippen MR) is 73.2 cm³/mol. The lowest BCUT2D eigenvalue weighted by Crippen LogP contribution is -2.18. The van der Waals surface area contributed by atoms with Crippen molar-refractivity contribution in [3.63, 3.8) is 0 Å². The van der Waals surface area contributed by atoms with E-state index in [1.54, 1.807) is 12.1 Å². The predicted octanol–water partition coefficient (Wildman–Crippen LogP) is 3.26. The van der Waals surface area contributed by atoms with Crippen molar-refractivity contribution in [3.8, 4) is 0 Å². The molecule has 0 aliphatic carbocycles. The van der Waals surface area contributed by atoms with Gasteiger partial charge in [-0.2, -0.15) is 0 Å². The minimum absolute atomic E-state index is 0.200. The Morgan fingerprint density at radius 2 is 1.78 bits per heavy atom. The van der Waals surface area contributed by atoms with Gasteiger partial charge in [0.05, 0.1) is 11.2 Å². The quantitative estimate of drug-likeness (QED) is 0.697. The summed E-state index contributed by atoms with van der Waals surface area (Å²) in [6.07, 6.45) is -0.220. The maximum Gasteiger partial charge on any atom is 0.304 e. The van der Waals surface area contributed by atoms with Crippen LogP contribution in [0.5, 0.6) is 0 Å². The van der Waals surface area contributed by atoms with Gasteiger partial charge in [0.2, 0.25) is 0 Å². The van der Waals surface area contributed by atoms with Crippen LogP contribution in [0.15, 0.2) is 42.5 Å². The first-order valence-corrected chi connectivity index (χ1v) is 6.39. The molecule has 0 amide bonds. The van der Waals surface area contributed by atoms with Gasteiger partial charge in [-0.3, -0.25) is 9.59 Å². The van der Waals surface area contributed by atoms with Crippen LogP contribution in [0.4, 0.5) is 0 Å². The highest BCUT2D eigenvalue weighted by Gasteiger charge is 2.21. The molecule has 0 fully saturated rings. The minimum Gasteiger partial charge on any atom is -0.481 e. The van der Waals surface area contributed by atoms with E-state index in [-0.39, 0.29) is 12.2 Å². The van der Waals surface area contributed by atoms with Crippen molar-refractivity contribution < 1.29 is 14.7 Å². The van der Waals surface area contributed by atoms with Crippen LogP contribution in [0.2, 0.25) is 0 Å². The van der Waals surface area contributed by atoms with Gasteiger partial charge < -0.3 is 5.11 Å². The molecule has 0 bridgehead atoms. The highest BCUT2D eigenvalue weighted by molar-refractivity contribution is 9.10.